The Bertz CT molecular complexity index is 2100. The minimum atomic E-state index is -0.868. The zero-order valence-electron chi connectivity index (χ0n) is 23.6. The molecule has 1 aliphatic rings. The van der Waals surface area contributed by atoms with Gasteiger partial charge in [-0.15, -0.1) is 0 Å². The summed E-state index contributed by atoms with van der Waals surface area (Å²) in [7, 11) is 0. The third kappa shape index (κ3) is 4.68. The van der Waals surface area contributed by atoms with Crippen molar-refractivity contribution >= 4 is 67.1 Å². The topological polar surface area (TPSA) is 152 Å². The Hall–Kier alpha value is -5.69. The van der Waals surface area contributed by atoms with Crippen molar-refractivity contribution in [3.63, 3.8) is 0 Å². The number of aromatic amines is 1. The first-order valence-corrected chi connectivity index (χ1v) is 14.5. The van der Waals surface area contributed by atoms with Crippen molar-refractivity contribution in [1.82, 2.24) is 4.98 Å². The van der Waals surface area contributed by atoms with E-state index >= 15 is 0 Å². The van der Waals surface area contributed by atoms with Crippen molar-refractivity contribution in [3.8, 4) is 11.8 Å². The molecule has 44 heavy (non-hydrogen) atoms. The molecule has 2 aromatic heterocycles. The molecule has 1 aliphatic heterocycles. The first kappa shape index (κ1) is 27.2. The van der Waals surface area contributed by atoms with Crippen LogP contribution >= 0.6 is 0 Å². The number of carboxylic acid groups (broad SMARTS) is 2. The van der Waals surface area contributed by atoms with E-state index in [0.29, 0.717) is 48.4 Å². The lowest BCUT2D eigenvalue weighted by molar-refractivity contribution is -0.138. The number of rotatable bonds is 10. The maximum absolute atomic E-state index is 11.2. The number of ether oxygens (including phenoxy) is 1. The normalized spacial score (nSPS) is 14.0. The van der Waals surface area contributed by atoms with E-state index in [1.165, 1.54) is 0 Å². The number of benzene rings is 4. The number of fused-ring (bicyclic) bond motifs is 10. The van der Waals surface area contributed by atoms with Crippen molar-refractivity contribution in [1.29, 1.82) is 5.26 Å². The molecule has 4 N–H and O–H groups in total. The van der Waals surface area contributed by atoms with Crippen LogP contribution in [0.1, 0.15) is 43.0 Å². The molecule has 0 bridgehead atoms. The van der Waals surface area contributed by atoms with Crippen molar-refractivity contribution in [3.05, 3.63) is 77.9 Å². The van der Waals surface area contributed by atoms with E-state index < -0.39 is 18.2 Å². The largest absolute Gasteiger partial charge is 0.481 e. The maximum Gasteiger partial charge on any atom is 0.303 e. The average molecular weight is 589 g/mol. The minimum Gasteiger partial charge on any atom is -0.481 e. The second-order valence-electron chi connectivity index (χ2n) is 11.0. The van der Waals surface area contributed by atoms with Gasteiger partial charge >= 0.3 is 11.9 Å². The predicted octanol–water partition coefficient (Wildman–Crippen LogP) is 7.13. The summed E-state index contributed by atoms with van der Waals surface area (Å²) in [6.07, 6.45) is 0.427. The number of anilines is 2. The van der Waals surface area contributed by atoms with Gasteiger partial charge in [0.25, 0.3) is 0 Å². The number of carbonyl (C=O) groups is 2. The molecule has 3 heterocycles. The molecule has 1 unspecified atom stereocenters. The summed E-state index contributed by atoms with van der Waals surface area (Å²) in [5.41, 5.74) is 6.19. The number of hydrogen-bond donors (Lipinski definition) is 4. The van der Waals surface area contributed by atoms with Crippen LogP contribution < -0.4 is 15.0 Å². The number of H-pyrrole nitrogens is 1. The van der Waals surface area contributed by atoms with Gasteiger partial charge in [0.15, 0.2) is 17.6 Å². The molecule has 10 heteroatoms. The zero-order chi connectivity index (χ0) is 30.4. The van der Waals surface area contributed by atoms with E-state index in [9.17, 15) is 14.9 Å². The molecule has 0 saturated heterocycles. The number of furan rings is 1. The van der Waals surface area contributed by atoms with Crippen LogP contribution in [-0.2, 0) is 9.59 Å². The van der Waals surface area contributed by atoms with E-state index in [2.05, 4.69) is 22.4 Å². The molecule has 0 aliphatic carbocycles. The summed E-state index contributed by atoms with van der Waals surface area (Å²) in [4.78, 5) is 27.9. The van der Waals surface area contributed by atoms with Crippen LogP contribution in [0.5, 0.6) is 5.75 Å². The van der Waals surface area contributed by atoms with Gasteiger partial charge in [-0.05, 0) is 43.2 Å². The lowest BCUT2D eigenvalue weighted by Gasteiger charge is -2.24. The predicted molar refractivity (Wildman–Crippen MR) is 167 cm³/mol. The highest BCUT2D eigenvalue weighted by atomic mass is 16.5. The van der Waals surface area contributed by atoms with Crippen LogP contribution in [-0.4, -0.2) is 40.2 Å². The Kier molecular flexibility index (Phi) is 6.70. The summed E-state index contributed by atoms with van der Waals surface area (Å²) in [5, 5.41) is 35.0. The lowest BCUT2D eigenvalue weighted by atomic mass is 10.0. The number of para-hydroxylation sites is 1. The van der Waals surface area contributed by atoms with Crippen LogP contribution in [0.25, 0.3) is 43.7 Å². The van der Waals surface area contributed by atoms with Crippen molar-refractivity contribution in [2.24, 2.45) is 0 Å². The summed E-state index contributed by atoms with van der Waals surface area (Å²) < 4.78 is 13.1. The number of aliphatic carboxylic acids is 2. The molecule has 0 radical (unpaired) electrons. The highest BCUT2D eigenvalue weighted by molar-refractivity contribution is 6.31. The first-order valence-electron chi connectivity index (χ1n) is 14.5. The number of nitrogens with zero attached hydrogens (tertiary/aromatic N) is 2. The van der Waals surface area contributed by atoms with Gasteiger partial charge in [0.1, 0.15) is 11.3 Å². The molecule has 4 aromatic carbocycles. The molecule has 7 rings (SSSR count). The minimum absolute atomic E-state index is 0.0255. The summed E-state index contributed by atoms with van der Waals surface area (Å²) in [6.45, 7) is 0.943. The molecule has 220 valence electrons. The second kappa shape index (κ2) is 10.9. The Morgan fingerprint density at radius 3 is 2.34 bits per heavy atom. The van der Waals surface area contributed by atoms with Gasteiger partial charge in [-0.3, -0.25) is 9.59 Å². The van der Waals surface area contributed by atoms with Crippen LogP contribution in [0.15, 0.2) is 71.1 Å². The number of nitriles is 1. The summed E-state index contributed by atoms with van der Waals surface area (Å²) in [6, 6.07) is 23.4. The third-order valence-electron chi connectivity index (χ3n) is 8.17. The van der Waals surface area contributed by atoms with Crippen LogP contribution in [0, 0.1) is 11.3 Å². The Labute approximate surface area is 251 Å². The van der Waals surface area contributed by atoms with Crippen molar-refractivity contribution in [2.75, 3.05) is 23.3 Å². The molecular weight excluding hydrogens is 560 g/mol. The van der Waals surface area contributed by atoms with E-state index in [1.807, 2.05) is 53.4 Å². The van der Waals surface area contributed by atoms with E-state index in [4.69, 9.17) is 19.4 Å². The van der Waals surface area contributed by atoms with Gasteiger partial charge in [0, 0.05) is 70.3 Å². The number of aromatic nitrogens is 1. The van der Waals surface area contributed by atoms with Crippen LogP contribution in [0.3, 0.4) is 0 Å². The summed E-state index contributed by atoms with van der Waals surface area (Å²) in [5.74, 6) is -1.15. The Balaban J connectivity index is 1.36. The molecule has 0 fully saturated rings. The smallest absolute Gasteiger partial charge is 0.303 e. The van der Waals surface area contributed by atoms with E-state index in [-0.39, 0.29) is 12.8 Å². The SMILES string of the molecule is N#Cc1ccc(C2Nc3c(c4oc5cc(N(CCCC(=O)O)CCCC(=O)O)ccc5c4c4c3[nH]c3ccccc34)O2)cc1. The number of carboxylic acids is 2. The van der Waals surface area contributed by atoms with Crippen LogP contribution in [0.4, 0.5) is 11.4 Å². The number of nitrogens with one attached hydrogen (secondary N) is 2. The fraction of sp³-hybridized carbons (Fsp3) is 0.206. The quantitative estimate of drug-likeness (QED) is 0.131. The van der Waals surface area contributed by atoms with Crippen LogP contribution in [0.2, 0.25) is 0 Å². The van der Waals surface area contributed by atoms with E-state index in [0.717, 1.165) is 49.5 Å². The first-order chi connectivity index (χ1) is 21.4. The lowest BCUT2D eigenvalue weighted by Crippen LogP contribution is -2.26. The standard InChI is InChI=1S/C34H28N4O6/c35-18-19-9-11-20(12-10-19)34-37-31-30-28(22-5-1-2-6-24(22)36-30)29-23-14-13-21(17-25(23)43-32(29)33(31)44-34)38(15-3-7-26(39)40)16-4-8-27(41)42/h1-2,5-6,9-14,17,34,36-37H,3-4,7-8,15-16H2,(H,39,40)(H,41,42). The molecule has 6 aromatic rings. The van der Waals surface area contributed by atoms with Crippen molar-refractivity contribution < 1.29 is 29.0 Å². The highest BCUT2D eigenvalue weighted by Crippen LogP contribution is 2.52. The molecular formula is C34H28N4O6. The Morgan fingerprint density at radius 1 is 0.909 bits per heavy atom. The second-order valence-corrected chi connectivity index (χ2v) is 11.0. The van der Waals surface area contributed by atoms with Gasteiger partial charge < -0.3 is 34.6 Å². The van der Waals surface area contributed by atoms with Gasteiger partial charge in [0.2, 0.25) is 0 Å². The van der Waals surface area contributed by atoms with Crippen molar-refractivity contribution in [2.45, 2.75) is 31.9 Å². The monoisotopic (exact) mass is 588 g/mol. The highest BCUT2D eigenvalue weighted by Gasteiger charge is 2.32. The van der Waals surface area contributed by atoms with Gasteiger partial charge in [0.05, 0.1) is 17.1 Å². The Morgan fingerprint density at radius 2 is 1.64 bits per heavy atom. The third-order valence-corrected chi connectivity index (χ3v) is 8.17. The fourth-order valence-electron chi connectivity index (χ4n) is 6.13. The maximum atomic E-state index is 11.2. The van der Waals surface area contributed by atoms with Gasteiger partial charge in [-0.2, -0.15) is 5.26 Å². The van der Waals surface area contributed by atoms with Gasteiger partial charge in [-0.25, -0.2) is 0 Å². The zero-order valence-corrected chi connectivity index (χ0v) is 23.6. The fourth-order valence-corrected chi connectivity index (χ4v) is 6.13. The molecule has 0 saturated carbocycles. The molecule has 0 spiro atoms. The van der Waals surface area contributed by atoms with E-state index in [1.54, 1.807) is 12.1 Å². The average Bonchev–Trinajstić information content (AvgIpc) is 3.73. The molecule has 10 nitrogen and oxygen atoms in total. The number of hydrogen-bond acceptors (Lipinski definition) is 7. The summed E-state index contributed by atoms with van der Waals surface area (Å²) >= 11 is 0. The molecule has 0 amide bonds. The van der Waals surface area contributed by atoms with Gasteiger partial charge in [-0.1, -0.05) is 30.3 Å². The molecule has 1 atom stereocenters.